The summed E-state index contributed by atoms with van der Waals surface area (Å²) in [5.41, 5.74) is -0.315. The summed E-state index contributed by atoms with van der Waals surface area (Å²) in [5, 5.41) is 21.4. The molecule has 1 fully saturated rings. The number of carbonyl (C=O) groups is 1. The molecule has 0 spiro atoms. The number of hydrogen-bond acceptors (Lipinski definition) is 2. The van der Waals surface area contributed by atoms with Gasteiger partial charge in [0.1, 0.15) is 5.75 Å². The third-order valence-corrected chi connectivity index (χ3v) is 4.00. The van der Waals surface area contributed by atoms with Gasteiger partial charge in [0, 0.05) is 5.56 Å². The number of phenolic OH excluding ortho intramolecular Hbond substituents is 1. The molecule has 2 N–H and O–H groups in total. The lowest BCUT2D eigenvalue weighted by atomic mass is 9.63. The molecule has 0 aromatic heterocycles. The summed E-state index contributed by atoms with van der Waals surface area (Å²) >= 11 is 0. The van der Waals surface area contributed by atoms with Gasteiger partial charge in [-0.1, -0.05) is 36.8 Å². The van der Waals surface area contributed by atoms with Crippen LogP contribution >= 0.6 is 0 Å². The van der Waals surface area contributed by atoms with Crippen LogP contribution < -0.4 is 0 Å². The summed E-state index contributed by atoms with van der Waals surface area (Å²) in [5.74, 6) is -0.740. The Morgan fingerprint density at radius 3 is 2.44 bits per heavy atom. The van der Waals surface area contributed by atoms with E-state index in [1.54, 1.807) is 6.07 Å². The van der Waals surface area contributed by atoms with Crippen molar-refractivity contribution in [1.82, 2.24) is 0 Å². The summed E-state index contributed by atoms with van der Waals surface area (Å²) < 4.78 is 0. The summed E-state index contributed by atoms with van der Waals surface area (Å²) in [6, 6.07) is 11.0. The van der Waals surface area contributed by atoms with E-state index in [1.165, 1.54) is 0 Å². The number of phenols is 1. The zero-order valence-corrected chi connectivity index (χ0v) is 9.89. The molecule has 1 saturated carbocycles. The van der Waals surface area contributed by atoms with E-state index in [0.717, 1.165) is 17.2 Å². The molecular weight excluding hydrogens is 228 g/mol. The summed E-state index contributed by atoms with van der Waals surface area (Å²) in [4.78, 5) is 11.6. The van der Waals surface area contributed by atoms with Crippen molar-refractivity contribution >= 4 is 16.7 Å². The van der Waals surface area contributed by atoms with Crippen LogP contribution in [0.3, 0.4) is 0 Å². The van der Waals surface area contributed by atoms with Crippen LogP contribution in [-0.4, -0.2) is 16.2 Å². The second kappa shape index (κ2) is 3.73. The lowest BCUT2D eigenvalue weighted by Gasteiger charge is -2.39. The van der Waals surface area contributed by atoms with Crippen LogP contribution in [0.1, 0.15) is 24.8 Å². The lowest BCUT2D eigenvalue weighted by molar-refractivity contribution is -0.147. The molecule has 0 atom stereocenters. The second-order valence-electron chi connectivity index (χ2n) is 4.92. The van der Waals surface area contributed by atoms with Gasteiger partial charge in [0.15, 0.2) is 0 Å². The molecule has 1 aliphatic carbocycles. The minimum absolute atomic E-state index is 0.0933. The molecule has 3 rings (SSSR count). The Hall–Kier alpha value is -2.03. The summed E-state index contributed by atoms with van der Waals surface area (Å²) in [7, 11) is 0. The number of fused-ring (bicyclic) bond motifs is 1. The van der Waals surface area contributed by atoms with Crippen molar-refractivity contribution in [3.63, 3.8) is 0 Å². The van der Waals surface area contributed by atoms with Crippen LogP contribution in [0.4, 0.5) is 0 Å². The van der Waals surface area contributed by atoms with E-state index >= 15 is 0 Å². The monoisotopic (exact) mass is 242 g/mol. The Morgan fingerprint density at radius 2 is 1.83 bits per heavy atom. The average Bonchev–Trinajstić information content (AvgIpc) is 2.30. The molecule has 0 aliphatic heterocycles. The number of aliphatic carboxylic acids is 1. The second-order valence-corrected chi connectivity index (χ2v) is 4.92. The highest BCUT2D eigenvalue weighted by molar-refractivity contribution is 5.95. The van der Waals surface area contributed by atoms with E-state index in [4.69, 9.17) is 0 Å². The van der Waals surface area contributed by atoms with Gasteiger partial charge in [0.25, 0.3) is 0 Å². The topological polar surface area (TPSA) is 57.5 Å². The van der Waals surface area contributed by atoms with Gasteiger partial charge in [-0.3, -0.25) is 4.79 Å². The zero-order chi connectivity index (χ0) is 12.8. The highest BCUT2D eigenvalue weighted by atomic mass is 16.4. The first-order valence-corrected chi connectivity index (χ1v) is 6.10. The van der Waals surface area contributed by atoms with Crippen molar-refractivity contribution in [2.24, 2.45) is 0 Å². The molecule has 3 heteroatoms. The van der Waals surface area contributed by atoms with Crippen LogP contribution in [0, 0.1) is 0 Å². The first-order chi connectivity index (χ1) is 8.65. The Bertz CT molecular complexity index is 627. The maximum Gasteiger partial charge on any atom is 0.314 e. The maximum absolute atomic E-state index is 11.6. The Labute approximate surface area is 105 Å². The molecule has 18 heavy (non-hydrogen) atoms. The van der Waals surface area contributed by atoms with E-state index < -0.39 is 11.4 Å². The average molecular weight is 242 g/mol. The third kappa shape index (κ3) is 1.33. The van der Waals surface area contributed by atoms with E-state index in [9.17, 15) is 15.0 Å². The highest BCUT2D eigenvalue weighted by Gasteiger charge is 2.48. The molecule has 2 aromatic rings. The molecular formula is C15H14O3. The fourth-order valence-corrected chi connectivity index (χ4v) is 2.86. The van der Waals surface area contributed by atoms with Crippen molar-refractivity contribution in [3.05, 3.63) is 42.0 Å². The van der Waals surface area contributed by atoms with Crippen LogP contribution in [0.5, 0.6) is 5.75 Å². The fourth-order valence-electron chi connectivity index (χ4n) is 2.86. The number of benzene rings is 2. The lowest BCUT2D eigenvalue weighted by Crippen LogP contribution is -2.42. The maximum atomic E-state index is 11.6. The first kappa shape index (κ1) is 11.1. The molecule has 0 heterocycles. The molecule has 2 aromatic carbocycles. The van der Waals surface area contributed by atoms with Gasteiger partial charge in [0.05, 0.1) is 5.41 Å². The Kier molecular flexibility index (Phi) is 2.30. The fraction of sp³-hybridized carbons (Fsp3) is 0.267. The number of rotatable bonds is 2. The van der Waals surface area contributed by atoms with Crippen molar-refractivity contribution < 1.29 is 15.0 Å². The van der Waals surface area contributed by atoms with E-state index in [-0.39, 0.29) is 5.75 Å². The van der Waals surface area contributed by atoms with E-state index in [2.05, 4.69) is 0 Å². The number of aromatic hydroxyl groups is 1. The predicted molar refractivity (Wildman–Crippen MR) is 68.8 cm³/mol. The number of carboxylic acids is 1. The van der Waals surface area contributed by atoms with Crippen molar-refractivity contribution in [3.8, 4) is 5.75 Å². The molecule has 0 saturated heterocycles. The smallest absolute Gasteiger partial charge is 0.314 e. The van der Waals surface area contributed by atoms with E-state index in [0.29, 0.717) is 18.4 Å². The summed E-state index contributed by atoms with van der Waals surface area (Å²) in [6.07, 6.45) is 2.10. The van der Waals surface area contributed by atoms with E-state index in [1.807, 2.05) is 30.3 Å². The zero-order valence-electron chi connectivity index (χ0n) is 9.89. The number of carboxylic acid groups (broad SMARTS) is 1. The molecule has 1 aliphatic rings. The van der Waals surface area contributed by atoms with Gasteiger partial charge in [-0.15, -0.1) is 0 Å². The normalized spacial score (nSPS) is 17.3. The number of hydrogen-bond donors (Lipinski definition) is 2. The molecule has 3 nitrogen and oxygen atoms in total. The SMILES string of the molecule is O=C(O)C1(c2c(O)ccc3ccccc23)CCC1. The first-order valence-electron chi connectivity index (χ1n) is 6.10. The third-order valence-electron chi connectivity index (χ3n) is 4.00. The van der Waals surface area contributed by atoms with Gasteiger partial charge in [-0.05, 0) is 29.7 Å². The molecule has 0 bridgehead atoms. The Morgan fingerprint density at radius 1 is 1.11 bits per heavy atom. The van der Waals surface area contributed by atoms with Crippen LogP contribution in [0.25, 0.3) is 10.8 Å². The van der Waals surface area contributed by atoms with Gasteiger partial charge >= 0.3 is 5.97 Å². The van der Waals surface area contributed by atoms with Gasteiger partial charge in [-0.2, -0.15) is 0 Å². The largest absolute Gasteiger partial charge is 0.508 e. The molecule has 0 unspecified atom stereocenters. The van der Waals surface area contributed by atoms with Crippen molar-refractivity contribution in [1.29, 1.82) is 0 Å². The highest BCUT2D eigenvalue weighted by Crippen LogP contribution is 2.49. The van der Waals surface area contributed by atoms with Gasteiger partial charge in [-0.25, -0.2) is 0 Å². The molecule has 0 amide bonds. The quantitative estimate of drug-likeness (QED) is 0.851. The predicted octanol–water partition coefficient (Wildman–Crippen LogP) is 3.05. The van der Waals surface area contributed by atoms with Crippen molar-refractivity contribution in [2.75, 3.05) is 0 Å². The minimum atomic E-state index is -0.898. The van der Waals surface area contributed by atoms with Gasteiger partial charge in [0.2, 0.25) is 0 Å². The van der Waals surface area contributed by atoms with Crippen LogP contribution in [0.2, 0.25) is 0 Å². The summed E-state index contributed by atoms with van der Waals surface area (Å²) in [6.45, 7) is 0. The van der Waals surface area contributed by atoms with Gasteiger partial charge < -0.3 is 10.2 Å². The van der Waals surface area contributed by atoms with Crippen LogP contribution in [-0.2, 0) is 10.2 Å². The van der Waals surface area contributed by atoms with Crippen LogP contribution in [0.15, 0.2) is 36.4 Å². The van der Waals surface area contributed by atoms with Crippen molar-refractivity contribution in [2.45, 2.75) is 24.7 Å². The standard InChI is InChI=1S/C15H14O3/c16-12-7-6-10-4-1-2-5-11(10)13(12)15(14(17)18)8-3-9-15/h1-2,4-7,16H,3,8-9H2,(H,17,18). The molecule has 92 valence electrons. The minimum Gasteiger partial charge on any atom is -0.508 e. The Balaban J connectivity index is 2.34. The molecule has 0 radical (unpaired) electrons.